The van der Waals surface area contributed by atoms with Gasteiger partial charge in [0.15, 0.2) is 0 Å². The maximum atomic E-state index is 12.8. The van der Waals surface area contributed by atoms with Gasteiger partial charge in [-0.1, -0.05) is 30.7 Å². The van der Waals surface area contributed by atoms with Crippen LogP contribution < -0.4 is 5.11 Å². The summed E-state index contributed by atoms with van der Waals surface area (Å²) in [6.45, 7) is 1.79. The van der Waals surface area contributed by atoms with Gasteiger partial charge in [0, 0.05) is 50.9 Å². The van der Waals surface area contributed by atoms with E-state index in [1.807, 2.05) is 24.3 Å². The van der Waals surface area contributed by atoms with Crippen molar-refractivity contribution in [2.75, 3.05) is 19.6 Å². The summed E-state index contributed by atoms with van der Waals surface area (Å²) in [5.41, 5.74) is 2.23. The minimum atomic E-state index is -1.03. The van der Waals surface area contributed by atoms with Gasteiger partial charge >= 0.3 is 6.03 Å². The van der Waals surface area contributed by atoms with Crippen LogP contribution in [-0.2, 0) is 27.3 Å². The molecule has 3 aliphatic heterocycles. The van der Waals surface area contributed by atoms with Gasteiger partial charge in [0.1, 0.15) is 6.04 Å². The van der Waals surface area contributed by atoms with Gasteiger partial charge in [-0.25, -0.2) is 4.79 Å². The van der Waals surface area contributed by atoms with Crippen molar-refractivity contribution in [1.29, 1.82) is 0 Å². The number of unbranched alkanes of at least 4 members (excludes halogenated alkanes) is 2. The molecule has 0 spiro atoms. The van der Waals surface area contributed by atoms with E-state index in [-0.39, 0.29) is 17.8 Å². The number of rotatable bonds is 7. The molecule has 4 amide bonds. The Morgan fingerprint density at radius 1 is 1.00 bits per heavy atom. The van der Waals surface area contributed by atoms with Crippen LogP contribution in [0.15, 0.2) is 24.3 Å². The number of carboxylic acids is 1. The predicted octanol–water partition coefficient (Wildman–Crippen LogP) is 0.924. The van der Waals surface area contributed by atoms with E-state index in [4.69, 9.17) is 0 Å². The van der Waals surface area contributed by atoms with Gasteiger partial charge in [0.25, 0.3) is 5.91 Å². The summed E-state index contributed by atoms with van der Waals surface area (Å²) in [7, 11) is 0. The van der Waals surface area contributed by atoms with E-state index >= 15 is 0 Å². The van der Waals surface area contributed by atoms with Gasteiger partial charge < -0.3 is 19.7 Å². The monoisotopic (exact) mass is 426 g/mol. The highest BCUT2D eigenvalue weighted by molar-refractivity contribution is 6.04. The number of carboxylic acid groups (broad SMARTS) is 1. The number of nitrogens with zero attached hydrogens (tertiary/aromatic N) is 3. The van der Waals surface area contributed by atoms with Crippen LogP contribution in [0, 0.1) is 5.92 Å². The van der Waals surface area contributed by atoms with E-state index in [9.17, 15) is 24.3 Å². The molecule has 8 nitrogen and oxygen atoms in total. The minimum absolute atomic E-state index is 0.0417. The molecule has 0 bridgehead atoms. The molecule has 8 heteroatoms. The smallest absolute Gasteiger partial charge is 0.327 e. The molecular weight excluding hydrogens is 398 g/mol. The highest BCUT2D eigenvalue weighted by Gasteiger charge is 2.46. The number of benzene rings is 1. The van der Waals surface area contributed by atoms with Crippen molar-refractivity contribution in [3.63, 3.8) is 0 Å². The summed E-state index contributed by atoms with van der Waals surface area (Å²) in [6, 6.07) is 7.33. The topological polar surface area (TPSA) is 101 Å². The first kappa shape index (κ1) is 21.3. The van der Waals surface area contributed by atoms with Crippen LogP contribution in [0.3, 0.4) is 0 Å². The number of imide groups is 1. The zero-order valence-corrected chi connectivity index (χ0v) is 17.6. The molecule has 0 saturated carbocycles. The van der Waals surface area contributed by atoms with Crippen molar-refractivity contribution in [3.05, 3.63) is 35.4 Å². The van der Waals surface area contributed by atoms with Crippen LogP contribution in [0.25, 0.3) is 0 Å². The summed E-state index contributed by atoms with van der Waals surface area (Å²) in [6.07, 6.45) is 3.99. The van der Waals surface area contributed by atoms with Crippen molar-refractivity contribution in [2.24, 2.45) is 5.92 Å². The second-order valence-corrected chi connectivity index (χ2v) is 8.67. The normalized spacial score (nSPS) is 21.3. The second-order valence-electron chi connectivity index (χ2n) is 8.67. The Balaban J connectivity index is 1.19. The summed E-state index contributed by atoms with van der Waals surface area (Å²) in [5, 5.41) is 10.9. The Morgan fingerprint density at radius 3 is 2.42 bits per heavy atom. The second kappa shape index (κ2) is 9.08. The third kappa shape index (κ3) is 4.43. The lowest BCUT2D eigenvalue weighted by atomic mass is 9.95. The van der Waals surface area contributed by atoms with Crippen molar-refractivity contribution in [1.82, 2.24) is 14.7 Å². The van der Waals surface area contributed by atoms with Gasteiger partial charge in [-0.15, -0.1) is 0 Å². The molecule has 31 heavy (non-hydrogen) atoms. The molecule has 0 radical (unpaired) electrons. The van der Waals surface area contributed by atoms with E-state index in [0.29, 0.717) is 64.7 Å². The fraction of sp³-hybridized carbons (Fsp3) is 0.565. The van der Waals surface area contributed by atoms with Crippen molar-refractivity contribution in [3.8, 4) is 0 Å². The number of likely N-dealkylation sites (tertiary alicyclic amines) is 1. The van der Waals surface area contributed by atoms with Crippen LogP contribution >= 0.6 is 0 Å². The van der Waals surface area contributed by atoms with Crippen LogP contribution in [0.4, 0.5) is 4.79 Å². The fourth-order valence-electron chi connectivity index (χ4n) is 4.83. The molecule has 1 aromatic rings. The molecule has 1 atom stereocenters. The van der Waals surface area contributed by atoms with Crippen LogP contribution in [0.5, 0.6) is 0 Å². The number of hydrogen-bond donors (Lipinski definition) is 0. The Kier molecular flexibility index (Phi) is 6.25. The van der Waals surface area contributed by atoms with E-state index in [1.54, 1.807) is 9.80 Å². The molecule has 3 aliphatic rings. The average Bonchev–Trinajstić information content (AvgIpc) is 3.01. The Morgan fingerprint density at radius 2 is 1.71 bits per heavy atom. The Bertz CT molecular complexity index is 835. The number of amides is 4. The number of fused-ring (bicyclic) bond motifs is 2. The van der Waals surface area contributed by atoms with E-state index in [0.717, 1.165) is 17.5 Å². The van der Waals surface area contributed by atoms with Crippen molar-refractivity contribution >= 4 is 23.8 Å². The predicted molar refractivity (Wildman–Crippen MR) is 109 cm³/mol. The zero-order valence-electron chi connectivity index (χ0n) is 17.6. The van der Waals surface area contributed by atoms with Crippen molar-refractivity contribution < 1.29 is 24.3 Å². The summed E-state index contributed by atoms with van der Waals surface area (Å²) in [4.78, 5) is 53.5. The molecule has 2 fully saturated rings. The van der Waals surface area contributed by atoms with Crippen LogP contribution in [0.2, 0.25) is 0 Å². The summed E-state index contributed by atoms with van der Waals surface area (Å²) >= 11 is 0. The molecule has 0 unspecified atom stereocenters. The maximum Gasteiger partial charge on any atom is 0.327 e. The molecule has 0 aliphatic carbocycles. The number of hydrogen-bond acceptors (Lipinski definition) is 5. The number of carbonyl (C=O) groups excluding carboxylic acids is 4. The minimum Gasteiger partial charge on any atom is -0.550 e. The molecule has 2 saturated heterocycles. The highest BCUT2D eigenvalue weighted by Crippen LogP contribution is 2.30. The van der Waals surface area contributed by atoms with E-state index < -0.39 is 17.9 Å². The number of carbonyl (C=O) groups is 4. The molecule has 3 heterocycles. The maximum absolute atomic E-state index is 12.8. The molecule has 0 aromatic heterocycles. The lowest BCUT2D eigenvalue weighted by molar-refractivity contribution is -0.312. The first-order valence-corrected chi connectivity index (χ1v) is 11.1. The van der Waals surface area contributed by atoms with E-state index in [1.165, 1.54) is 4.90 Å². The SMILES string of the molecule is O=C([O-])C1CCN(C(=O)CCCCCN2C(=O)[C@@H]3Cc4ccccc4CN3C2=O)CC1. The largest absolute Gasteiger partial charge is 0.550 e. The third-order valence-corrected chi connectivity index (χ3v) is 6.73. The van der Waals surface area contributed by atoms with E-state index in [2.05, 4.69) is 0 Å². The molecule has 1 aromatic carbocycles. The lowest BCUT2D eigenvalue weighted by Gasteiger charge is -2.32. The molecule has 166 valence electrons. The Hall–Kier alpha value is -2.90. The molecule has 4 rings (SSSR count). The standard InChI is InChI=1S/C23H29N3O5/c27-20(24-12-9-16(10-13-24)22(29)30)8-2-1-5-11-25-21(28)19-14-17-6-3-4-7-18(17)15-26(19)23(25)31/h3-4,6-7,16,19H,1-2,5,8-15H2,(H,29,30)/p-1/t19-/m0/s1. The average molecular weight is 426 g/mol. The Labute approximate surface area is 181 Å². The summed E-state index contributed by atoms with van der Waals surface area (Å²) < 4.78 is 0. The van der Waals surface area contributed by atoms with Crippen molar-refractivity contribution in [2.45, 2.75) is 57.5 Å². The number of piperidine rings is 1. The molecule has 0 N–H and O–H groups in total. The number of aliphatic carboxylic acids is 1. The lowest BCUT2D eigenvalue weighted by Crippen LogP contribution is -2.43. The van der Waals surface area contributed by atoms with Crippen LogP contribution in [-0.4, -0.2) is 64.2 Å². The van der Waals surface area contributed by atoms with Gasteiger partial charge in [0.2, 0.25) is 5.91 Å². The van der Waals surface area contributed by atoms with Crippen LogP contribution in [0.1, 0.15) is 49.7 Å². The number of urea groups is 1. The first-order valence-electron chi connectivity index (χ1n) is 11.1. The molecular formula is C23H28N3O5-. The quantitative estimate of drug-likeness (QED) is 0.477. The van der Waals surface area contributed by atoms with Gasteiger partial charge in [-0.3, -0.25) is 14.5 Å². The third-order valence-electron chi connectivity index (χ3n) is 6.73. The first-order chi connectivity index (χ1) is 15.0. The fourth-order valence-corrected chi connectivity index (χ4v) is 4.83. The zero-order chi connectivity index (χ0) is 22.0. The summed E-state index contributed by atoms with van der Waals surface area (Å²) in [5.74, 6) is -1.56. The van der Waals surface area contributed by atoms with Gasteiger partial charge in [-0.2, -0.15) is 0 Å². The van der Waals surface area contributed by atoms with Gasteiger partial charge in [0.05, 0.1) is 0 Å². The van der Waals surface area contributed by atoms with Gasteiger partial charge in [-0.05, 0) is 36.8 Å². The highest BCUT2D eigenvalue weighted by atomic mass is 16.4.